The Bertz CT molecular complexity index is 341. The molecule has 1 rings (SSSR count). The first-order valence-corrected chi connectivity index (χ1v) is 6.11. The fraction of sp³-hybridized carbons (Fsp3) is 0.538. The minimum atomic E-state index is 0.0411. The van der Waals surface area contributed by atoms with Crippen molar-refractivity contribution in [2.24, 2.45) is 5.41 Å². The second kappa shape index (κ2) is 6.05. The molecule has 0 saturated heterocycles. The number of rotatable bonds is 6. The number of ether oxygens (including phenoxy) is 3. The lowest BCUT2D eigenvalue weighted by Crippen LogP contribution is -2.23. The van der Waals surface area contributed by atoms with E-state index in [0.29, 0.717) is 6.61 Å². The second-order valence-electron chi connectivity index (χ2n) is 4.66. The van der Waals surface area contributed by atoms with Crippen LogP contribution >= 0.6 is 12.6 Å². The number of benzene rings is 1. The first kappa shape index (κ1) is 14.0. The van der Waals surface area contributed by atoms with Crippen molar-refractivity contribution in [3.8, 4) is 17.2 Å². The van der Waals surface area contributed by atoms with E-state index in [1.54, 1.807) is 14.2 Å². The molecule has 17 heavy (non-hydrogen) atoms. The van der Waals surface area contributed by atoms with Gasteiger partial charge in [0.25, 0.3) is 0 Å². The largest absolute Gasteiger partial charge is 0.496 e. The van der Waals surface area contributed by atoms with Gasteiger partial charge in [0.05, 0.1) is 20.8 Å². The smallest absolute Gasteiger partial charge is 0.126 e. The van der Waals surface area contributed by atoms with Crippen LogP contribution in [0.4, 0.5) is 0 Å². The lowest BCUT2D eigenvalue weighted by molar-refractivity contribution is 0.201. The summed E-state index contributed by atoms with van der Waals surface area (Å²) < 4.78 is 16.1. The van der Waals surface area contributed by atoms with Crippen LogP contribution in [0.3, 0.4) is 0 Å². The molecule has 0 amide bonds. The van der Waals surface area contributed by atoms with Gasteiger partial charge in [0.15, 0.2) is 0 Å². The summed E-state index contributed by atoms with van der Waals surface area (Å²) in [4.78, 5) is 0. The summed E-state index contributed by atoms with van der Waals surface area (Å²) in [5.41, 5.74) is 0.0411. The van der Waals surface area contributed by atoms with Crippen LogP contribution in [0.5, 0.6) is 17.2 Å². The summed E-state index contributed by atoms with van der Waals surface area (Å²) in [6, 6.07) is 5.50. The van der Waals surface area contributed by atoms with Gasteiger partial charge in [0.1, 0.15) is 17.2 Å². The maximum atomic E-state index is 5.74. The molecular weight excluding hydrogens is 236 g/mol. The summed E-state index contributed by atoms with van der Waals surface area (Å²) in [5, 5.41) is 0. The van der Waals surface area contributed by atoms with E-state index < -0.39 is 0 Å². The van der Waals surface area contributed by atoms with Gasteiger partial charge in [-0.1, -0.05) is 13.8 Å². The van der Waals surface area contributed by atoms with E-state index >= 15 is 0 Å². The Labute approximate surface area is 108 Å². The van der Waals surface area contributed by atoms with Crippen molar-refractivity contribution < 1.29 is 14.2 Å². The van der Waals surface area contributed by atoms with Crippen LogP contribution in [0.1, 0.15) is 13.8 Å². The summed E-state index contributed by atoms with van der Waals surface area (Å²) in [6.07, 6.45) is 0. The minimum Gasteiger partial charge on any atom is -0.496 e. The summed E-state index contributed by atoms with van der Waals surface area (Å²) in [6.45, 7) is 4.82. The van der Waals surface area contributed by atoms with Gasteiger partial charge < -0.3 is 14.2 Å². The molecule has 0 fully saturated rings. The lowest BCUT2D eigenvalue weighted by atomic mass is 9.98. The van der Waals surface area contributed by atoms with Crippen LogP contribution in [0, 0.1) is 5.41 Å². The van der Waals surface area contributed by atoms with Gasteiger partial charge in [0, 0.05) is 23.6 Å². The summed E-state index contributed by atoms with van der Waals surface area (Å²) in [5.74, 6) is 2.97. The van der Waals surface area contributed by atoms with Crippen LogP contribution in [-0.4, -0.2) is 26.6 Å². The van der Waals surface area contributed by atoms with Crippen LogP contribution < -0.4 is 14.2 Å². The number of methoxy groups -OCH3 is 2. The first-order chi connectivity index (χ1) is 8.00. The summed E-state index contributed by atoms with van der Waals surface area (Å²) in [7, 11) is 3.24. The quantitative estimate of drug-likeness (QED) is 0.793. The van der Waals surface area contributed by atoms with Crippen LogP contribution in [-0.2, 0) is 0 Å². The zero-order valence-corrected chi connectivity index (χ0v) is 11.7. The number of hydrogen-bond acceptors (Lipinski definition) is 4. The van der Waals surface area contributed by atoms with E-state index in [-0.39, 0.29) is 5.41 Å². The Morgan fingerprint density at radius 2 is 1.47 bits per heavy atom. The Kier molecular flexibility index (Phi) is 5.00. The molecule has 0 radical (unpaired) electrons. The Morgan fingerprint density at radius 3 is 1.88 bits per heavy atom. The maximum Gasteiger partial charge on any atom is 0.126 e. The lowest BCUT2D eigenvalue weighted by Gasteiger charge is -2.22. The third kappa shape index (κ3) is 4.38. The van der Waals surface area contributed by atoms with Gasteiger partial charge in [-0.15, -0.1) is 0 Å². The predicted octanol–water partition coefficient (Wildman–Crippen LogP) is 3.04. The second-order valence-corrected chi connectivity index (χ2v) is 4.98. The van der Waals surface area contributed by atoms with Crippen molar-refractivity contribution in [1.29, 1.82) is 0 Å². The van der Waals surface area contributed by atoms with Crippen LogP contribution in [0.25, 0.3) is 0 Å². The molecule has 0 aromatic heterocycles. The van der Waals surface area contributed by atoms with Crippen molar-refractivity contribution >= 4 is 12.6 Å². The normalized spacial score (nSPS) is 11.1. The molecule has 0 heterocycles. The van der Waals surface area contributed by atoms with Gasteiger partial charge >= 0.3 is 0 Å². The van der Waals surface area contributed by atoms with Crippen molar-refractivity contribution in [3.63, 3.8) is 0 Å². The van der Waals surface area contributed by atoms with E-state index in [4.69, 9.17) is 14.2 Å². The minimum absolute atomic E-state index is 0.0411. The third-order valence-corrected chi connectivity index (χ3v) is 3.24. The molecule has 1 aromatic carbocycles. The number of thiol groups is 1. The van der Waals surface area contributed by atoms with Crippen molar-refractivity contribution in [1.82, 2.24) is 0 Å². The Morgan fingerprint density at radius 1 is 1.00 bits per heavy atom. The molecule has 4 heteroatoms. The molecule has 0 unspecified atom stereocenters. The van der Waals surface area contributed by atoms with Crippen molar-refractivity contribution in [2.45, 2.75) is 13.8 Å². The summed E-state index contributed by atoms with van der Waals surface area (Å²) >= 11 is 4.30. The fourth-order valence-electron chi connectivity index (χ4n) is 1.19. The van der Waals surface area contributed by atoms with Crippen molar-refractivity contribution in [3.05, 3.63) is 18.2 Å². The Hall–Kier alpha value is -1.03. The van der Waals surface area contributed by atoms with Gasteiger partial charge in [-0.25, -0.2) is 0 Å². The highest BCUT2D eigenvalue weighted by Crippen LogP contribution is 2.28. The molecule has 0 N–H and O–H groups in total. The number of hydrogen-bond donors (Lipinski definition) is 1. The molecule has 1 aromatic rings. The molecular formula is C13H20O3S. The monoisotopic (exact) mass is 256 g/mol. The SMILES string of the molecule is COc1cc(OC)cc(OCC(C)(C)CS)c1. The van der Waals surface area contributed by atoms with Gasteiger partial charge in [0.2, 0.25) is 0 Å². The zero-order chi connectivity index (χ0) is 12.9. The average molecular weight is 256 g/mol. The predicted molar refractivity (Wildman–Crippen MR) is 72.7 cm³/mol. The molecule has 0 aliphatic heterocycles. The van der Waals surface area contributed by atoms with E-state index in [1.165, 1.54) is 0 Å². The first-order valence-electron chi connectivity index (χ1n) is 5.47. The zero-order valence-electron chi connectivity index (χ0n) is 10.8. The van der Waals surface area contributed by atoms with E-state index in [0.717, 1.165) is 23.0 Å². The van der Waals surface area contributed by atoms with Gasteiger partial charge in [-0.2, -0.15) is 12.6 Å². The highest BCUT2D eigenvalue weighted by molar-refractivity contribution is 7.80. The van der Waals surface area contributed by atoms with Crippen LogP contribution in [0.15, 0.2) is 18.2 Å². The molecule has 0 spiro atoms. The molecule has 0 atom stereocenters. The molecule has 0 aliphatic carbocycles. The topological polar surface area (TPSA) is 27.7 Å². The molecule has 0 saturated carbocycles. The van der Waals surface area contributed by atoms with Gasteiger partial charge in [-0.05, 0) is 5.75 Å². The fourth-order valence-corrected chi connectivity index (χ4v) is 1.28. The molecule has 0 bridgehead atoms. The average Bonchev–Trinajstić information content (AvgIpc) is 2.36. The van der Waals surface area contributed by atoms with E-state index in [9.17, 15) is 0 Å². The van der Waals surface area contributed by atoms with Crippen LogP contribution in [0.2, 0.25) is 0 Å². The highest BCUT2D eigenvalue weighted by atomic mass is 32.1. The van der Waals surface area contributed by atoms with Gasteiger partial charge in [-0.3, -0.25) is 0 Å². The van der Waals surface area contributed by atoms with E-state index in [2.05, 4.69) is 26.5 Å². The molecule has 3 nitrogen and oxygen atoms in total. The highest BCUT2D eigenvalue weighted by Gasteiger charge is 2.17. The molecule has 96 valence electrons. The standard InChI is InChI=1S/C13H20O3S/c1-13(2,9-17)8-16-12-6-10(14-3)5-11(7-12)15-4/h5-7,17H,8-9H2,1-4H3. The Balaban J connectivity index is 2.76. The maximum absolute atomic E-state index is 5.74. The van der Waals surface area contributed by atoms with E-state index in [1.807, 2.05) is 18.2 Å². The van der Waals surface area contributed by atoms with Crippen molar-refractivity contribution in [2.75, 3.05) is 26.6 Å². The molecule has 0 aliphatic rings. The third-order valence-electron chi connectivity index (χ3n) is 2.38.